The molecule has 0 unspecified atom stereocenters. The molecule has 1 amide bonds. The molecule has 30 heavy (non-hydrogen) atoms. The van der Waals surface area contributed by atoms with Gasteiger partial charge in [0.1, 0.15) is 18.2 Å². The number of aromatic nitrogens is 2. The van der Waals surface area contributed by atoms with Crippen LogP contribution in [-0.2, 0) is 11.3 Å². The van der Waals surface area contributed by atoms with E-state index in [2.05, 4.69) is 31.0 Å². The van der Waals surface area contributed by atoms with E-state index < -0.39 is 11.5 Å². The quantitative estimate of drug-likeness (QED) is 0.509. The number of carbonyl (C=O) groups is 1. The average Bonchev–Trinajstić information content (AvgIpc) is 3.07. The van der Waals surface area contributed by atoms with Crippen LogP contribution in [0.15, 0.2) is 40.9 Å². The van der Waals surface area contributed by atoms with E-state index in [1.54, 1.807) is 12.1 Å². The van der Waals surface area contributed by atoms with E-state index in [-0.39, 0.29) is 18.4 Å². The van der Waals surface area contributed by atoms with Crippen molar-refractivity contribution in [3.63, 3.8) is 0 Å². The number of fused-ring (bicyclic) bond motifs is 3. The van der Waals surface area contributed by atoms with Gasteiger partial charge in [0.25, 0.3) is 5.91 Å². The first-order valence-electron chi connectivity index (χ1n) is 8.81. The van der Waals surface area contributed by atoms with Crippen LogP contribution in [0.5, 0.6) is 5.75 Å². The minimum absolute atomic E-state index is 0.0947. The molecular weight excluding hydrogens is 488 g/mol. The first-order valence-corrected chi connectivity index (χ1v) is 9.98. The minimum atomic E-state index is -3.81. The van der Waals surface area contributed by atoms with Gasteiger partial charge >= 0.3 is 5.57 Å². The first kappa shape index (κ1) is 21.0. The third-order valence-electron chi connectivity index (χ3n) is 4.54. The molecular formula is C19H15BrClF2N3O4. The molecule has 0 aliphatic carbocycles. The van der Waals surface area contributed by atoms with Gasteiger partial charge in [0, 0.05) is 27.3 Å². The van der Waals surface area contributed by atoms with E-state index in [1.165, 1.54) is 24.3 Å². The number of hydrogen-bond acceptors (Lipinski definition) is 5. The Morgan fingerprint density at radius 1 is 1.40 bits per heavy atom. The molecule has 4 rings (SSSR count). The van der Waals surface area contributed by atoms with Gasteiger partial charge in [-0.2, -0.15) is 0 Å². The molecule has 158 valence electrons. The van der Waals surface area contributed by atoms with Gasteiger partial charge in [-0.3, -0.25) is 4.79 Å². The number of aliphatic hydroxyl groups excluding tert-OH is 1. The molecule has 1 atom stereocenters. The fraction of sp³-hybridized carbons (Fsp3) is 0.263. The number of imidazole rings is 1. The third kappa shape index (κ3) is 4.27. The highest BCUT2D eigenvalue weighted by Gasteiger charge is 2.28. The predicted molar refractivity (Wildman–Crippen MR) is 109 cm³/mol. The average molecular weight is 503 g/mol. The van der Waals surface area contributed by atoms with E-state index in [0.29, 0.717) is 40.3 Å². The Hall–Kier alpha value is -2.27. The van der Waals surface area contributed by atoms with Gasteiger partial charge in [-0.05, 0) is 52.3 Å². The van der Waals surface area contributed by atoms with Crippen LogP contribution in [0.1, 0.15) is 22.2 Å². The Morgan fingerprint density at radius 2 is 2.13 bits per heavy atom. The lowest BCUT2D eigenvalue weighted by Gasteiger charge is -2.24. The molecule has 0 saturated carbocycles. The van der Waals surface area contributed by atoms with E-state index in [1.807, 2.05) is 4.57 Å². The van der Waals surface area contributed by atoms with Crippen LogP contribution in [0.4, 0.5) is 14.5 Å². The lowest BCUT2D eigenvalue weighted by molar-refractivity contribution is -0.0964. The highest BCUT2D eigenvalue weighted by Crippen LogP contribution is 2.32. The number of amides is 1. The fourth-order valence-electron chi connectivity index (χ4n) is 3.29. The molecule has 1 aliphatic heterocycles. The maximum absolute atomic E-state index is 12.7. The molecule has 3 aromatic rings. The van der Waals surface area contributed by atoms with Crippen LogP contribution in [-0.4, -0.2) is 39.3 Å². The van der Waals surface area contributed by atoms with Gasteiger partial charge < -0.3 is 24.5 Å². The lowest BCUT2D eigenvalue weighted by Crippen LogP contribution is -2.26. The predicted octanol–water partition coefficient (Wildman–Crippen LogP) is 4.28. The molecule has 1 aliphatic rings. The van der Waals surface area contributed by atoms with Crippen LogP contribution < -0.4 is 10.1 Å². The highest BCUT2D eigenvalue weighted by molar-refractivity contribution is 9.10. The zero-order valence-corrected chi connectivity index (χ0v) is 17.6. The lowest BCUT2D eigenvalue weighted by atomic mass is 10.1. The summed E-state index contributed by atoms with van der Waals surface area (Å²) in [6.07, 6.45) is 0. The summed E-state index contributed by atoms with van der Waals surface area (Å²) in [6, 6.07) is 8.41. The van der Waals surface area contributed by atoms with Crippen molar-refractivity contribution in [2.45, 2.75) is 18.2 Å². The molecule has 7 nitrogen and oxygen atoms in total. The van der Waals surface area contributed by atoms with Crippen molar-refractivity contribution in [2.75, 3.05) is 18.5 Å². The first-order chi connectivity index (χ1) is 14.2. The van der Waals surface area contributed by atoms with Crippen molar-refractivity contribution in [3.8, 4) is 5.75 Å². The normalized spacial score (nSPS) is 16.4. The summed E-state index contributed by atoms with van der Waals surface area (Å²) in [6.45, 7) is 0.594. The van der Waals surface area contributed by atoms with E-state index >= 15 is 0 Å². The van der Waals surface area contributed by atoms with E-state index in [0.717, 1.165) is 5.52 Å². The Labute approximate surface area is 182 Å². The van der Waals surface area contributed by atoms with Crippen molar-refractivity contribution in [3.05, 3.63) is 52.3 Å². The summed E-state index contributed by atoms with van der Waals surface area (Å²) in [5.74, 6) is 0.122. The summed E-state index contributed by atoms with van der Waals surface area (Å²) < 4.78 is 37.6. The maximum Gasteiger partial charge on any atom is 0.487 e. The number of anilines is 1. The van der Waals surface area contributed by atoms with Crippen LogP contribution >= 0.6 is 27.5 Å². The van der Waals surface area contributed by atoms with Gasteiger partial charge in [0.2, 0.25) is 0 Å². The van der Waals surface area contributed by atoms with Crippen molar-refractivity contribution in [1.29, 1.82) is 0 Å². The monoisotopic (exact) mass is 501 g/mol. The van der Waals surface area contributed by atoms with Gasteiger partial charge in [-0.15, -0.1) is 8.78 Å². The number of nitrogens with one attached hydrogen (secondary N) is 1. The molecule has 0 fully saturated rings. The van der Waals surface area contributed by atoms with Crippen LogP contribution in [0.3, 0.4) is 0 Å². The number of alkyl halides is 3. The number of aliphatic hydroxyl groups is 1. The fourth-order valence-corrected chi connectivity index (χ4v) is 4.02. The molecule has 0 spiro atoms. The second kappa shape index (κ2) is 8.10. The molecule has 11 heteroatoms. The Balaban J connectivity index is 1.58. The van der Waals surface area contributed by atoms with Gasteiger partial charge in [-0.25, -0.2) is 4.98 Å². The minimum Gasteiger partial charge on any atom is -0.420 e. The Kier molecular flexibility index (Phi) is 5.67. The summed E-state index contributed by atoms with van der Waals surface area (Å²) >= 11 is 8.22. The molecule has 0 bridgehead atoms. The molecule has 0 radical (unpaired) electrons. The second-order valence-corrected chi connectivity index (χ2v) is 7.90. The van der Waals surface area contributed by atoms with E-state index in [4.69, 9.17) is 16.3 Å². The molecule has 2 N–H and O–H groups in total. The largest absolute Gasteiger partial charge is 0.487 e. The van der Waals surface area contributed by atoms with Crippen LogP contribution in [0.2, 0.25) is 0 Å². The smallest absolute Gasteiger partial charge is 0.420 e. The third-order valence-corrected chi connectivity index (χ3v) is 5.22. The number of rotatable bonds is 5. The van der Waals surface area contributed by atoms with Gasteiger partial charge in [0.05, 0.1) is 30.3 Å². The topological polar surface area (TPSA) is 85.6 Å². The Bertz CT molecular complexity index is 1100. The SMILES string of the molecule is O=C(Nc1ccc(OC(F)(F)Cl)cc1)c1cc(Br)c2c(c1)nc1n2[C@H](CO)COC1. The second-order valence-electron chi connectivity index (χ2n) is 6.60. The molecule has 0 saturated heterocycles. The highest BCUT2D eigenvalue weighted by atomic mass is 79.9. The zero-order chi connectivity index (χ0) is 21.5. The molecule has 1 aromatic heterocycles. The summed E-state index contributed by atoms with van der Waals surface area (Å²) in [4.78, 5) is 17.2. The number of ether oxygens (including phenoxy) is 2. The maximum atomic E-state index is 12.7. The summed E-state index contributed by atoms with van der Waals surface area (Å²) in [5, 5.41) is 12.3. The van der Waals surface area contributed by atoms with Gasteiger partial charge in [-0.1, -0.05) is 0 Å². The van der Waals surface area contributed by atoms with E-state index in [9.17, 15) is 18.7 Å². The number of hydrogen-bond donors (Lipinski definition) is 2. The van der Waals surface area contributed by atoms with Crippen molar-refractivity contribution < 1.29 is 28.2 Å². The van der Waals surface area contributed by atoms with Crippen molar-refractivity contribution in [1.82, 2.24) is 9.55 Å². The van der Waals surface area contributed by atoms with Crippen LogP contribution in [0.25, 0.3) is 11.0 Å². The van der Waals surface area contributed by atoms with Gasteiger partial charge in [0.15, 0.2) is 0 Å². The zero-order valence-electron chi connectivity index (χ0n) is 15.2. The summed E-state index contributed by atoms with van der Waals surface area (Å²) in [5.41, 5.74) is -1.72. The standard InChI is InChI=1S/C19H15BrClF2N3O4/c20-14-5-10(6-15-17(14)26-12(7-27)8-29-9-16(26)25-15)18(28)24-11-1-3-13(4-2-11)30-19(21,22)23/h1-6,12,27H,7-9H2,(H,24,28)/t12-/m1/s1. The number of benzene rings is 2. The van der Waals surface area contributed by atoms with Crippen molar-refractivity contribution in [2.24, 2.45) is 0 Å². The number of carbonyl (C=O) groups excluding carboxylic acids is 1. The van der Waals surface area contributed by atoms with Crippen molar-refractivity contribution >= 4 is 50.2 Å². The van der Waals surface area contributed by atoms with Crippen LogP contribution in [0, 0.1) is 0 Å². The molecule has 2 heterocycles. The number of halogens is 4. The Morgan fingerprint density at radius 3 is 2.80 bits per heavy atom. The number of nitrogens with zero attached hydrogens (tertiary/aromatic N) is 2. The summed E-state index contributed by atoms with van der Waals surface area (Å²) in [7, 11) is 0. The molecule has 2 aromatic carbocycles.